The van der Waals surface area contributed by atoms with Gasteiger partial charge >= 0.3 is 24.3 Å². The van der Waals surface area contributed by atoms with Crippen molar-refractivity contribution in [2.24, 2.45) is 5.41 Å². The summed E-state index contributed by atoms with van der Waals surface area (Å²) >= 11 is 0. The van der Waals surface area contributed by atoms with Crippen LogP contribution in [0.5, 0.6) is 0 Å². The molecule has 2 aliphatic rings. The van der Waals surface area contributed by atoms with Crippen LogP contribution in [-0.2, 0) is 5.41 Å². The Morgan fingerprint density at radius 2 is 0.961 bits per heavy atom. The van der Waals surface area contributed by atoms with E-state index >= 15 is 26.3 Å². The van der Waals surface area contributed by atoms with E-state index in [-0.39, 0.29) is 30.7 Å². The fourth-order valence-electron chi connectivity index (χ4n) is 12.5. The molecule has 18 heteroatoms. The van der Waals surface area contributed by atoms with Crippen molar-refractivity contribution in [2.75, 3.05) is 17.7 Å². The number of hydrogen-bond donors (Lipinski definition) is 6. The second kappa shape index (κ2) is 19.8. The van der Waals surface area contributed by atoms with Gasteiger partial charge in [-0.05, 0) is 186 Å². The normalized spacial score (nSPS) is 18.8. The van der Waals surface area contributed by atoms with E-state index in [1.807, 2.05) is 74.6 Å². The highest BCUT2D eigenvalue weighted by Crippen LogP contribution is 2.57. The number of ketones is 1. The number of aromatic carboxylic acids is 2. The van der Waals surface area contributed by atoms with E-state index in [1.54, 1.807) is 32.0 Å². The van der Waals surface area contributed by atoms with Gasteiger partial charge in [0.15, 0.2) is 5.78 Å². The van der Waals surface area contributed by atoms with Crippen LogP contribution in [0, 0.1) is 5.41 Å². The van der Waals surface area contributed by atoms with E-state index in [0.717, 1.165) is 43.4 Å². The zero-order valence-electron chi connectivity index (χ0n) is 45.5. The Labute approximate surface area is 443 Å². The van der Waals surface area contributed by atoms with Crippen LogP contribution in [0.4, 0.5) is 37.7 Å². The highest BCUT2D eigenvalue weighted by molar-refractivity contribution is 6.12. The average molecular weight is 1080 g/mol. The van der Waals surface area contributed by atoms with Gasteiger partial charge in [0, 0.05) is 51.6 Å². The average Bonchev–Trinajstić information content (AvgIpc) is 3.32. The lowest BCUT2D eigenvalue weighted by Crippen LogP contribution is -2.57. The molecule has 0 spiro atoms. The summed E-state index contributed by atoms with van der Waals surface area (Å²) in [6, 6.07) is 13.2. The second-order valence-electron chi connectivity index (χ2n) is 23.6. The quantitative estimate of drug-likeness (QED) is 0.0398. The standard InChI is InChI=1S/C59H68F6N4O8/c1-13-23-56(11,14-2)48(70)44-24-34(16-20-41(44)50(72)73)57(58(60,61)62,59(63,64)65)35-15-19-40(45(25-35)51(74)75)49(71)67-37-18-22-39-43(27-37)47(33-30-54(7,8)69(77)55(9,10)31-33)38-21-17-36(66-12)26-42(38)46(39)32-28-52(3,4)68(76)53(5,6)29-32/h15-22,24-27,66,76-77H,13-14,23,28-31H2,1-12H3,(H,67,71)(H,72,73)(H,74,75)/t56-/m0/s1. The first kappa shape index (κ1) is 58.3. The first-order valence-electron chi connectivity index (χ1n) is 25.6. The van der Waals surface area contributed by atoms with Crippen LogP contribution in [0.15, 0.2) is 72.8 Å². The number of benzene rings is 5. The molecule has 2 fully saturated rings. The van der Waals surface area contributed by atoms with Crippen molar-refractivity contribution in [1.29, 1.82) is 0 Å². The number of Topliss-reactive ketones (excluding diaryl/α,β-unsaturated/α-hetero) is 1. The van der Waals surface area contributed by atoms with Crippen molar-refractivity contribution in [2.45, 2.75) is 161 Å². The van der Waals surface area contributed by atoms with E-state index in [9.17, 15) is 39.8 Å². The number of halogens is 6. The Bertz CT molecular complexity index is 3330. The van der Waals surface area contributed by atoms with Crippen molar-refractivity contribution in [1.82, 2.24) is 10.1 Å². The maximum absolute atomic E-state index is 15.7. The minimum absolute atomic E-state index is 0.0781. The minimum atomic E-state index is -6.29. The Balaban J connectivity index is 1.48. The van der Waals surface area contributed by atoms with Crippen LogP contribution in [0.3, 0.4) is 0 Å². The Hall–Kier alpha value is -6.34. The third kappa shape index (κ3) is 9.99. The van der Waals surface area contributed by atoms with Crippen molar-refractivity contribution < 1.29 is 66.1 Å². The molecule has 0 bridgehead atoms. The summed E-state index contributed by atoms with van der Waals surface area (Å²) in [6.45, 7) is 20.2. The maximum atomic E-state index is 15.7. The van der Waals surface area contributed by atoms with Crippen molar-refractivity contribution in [3.05, 3.63) is 117 Å². The van der Waals surface area contributed by atoms with Gasteiger partial charge in [-0.25, -0.2) is 9.59 Å². The molecule has 0 unspecified atom stereocenters. The number of hydroxylamine groups is 4. The van der Waals surface area contributed by atoms with E-state index in [2.05, 4.69) is 16.7 Å². The zero-order valence-corrected chi connectivity index (χ0v) is 45.5. The summed E-state index contributed by atoms with van der Waals surface area (Å²) in [5.41, 5.74) is -13.3. The van der Waals surface area contributed by atoms with Gasteiger partial charge in [0.25, 0.3) is 5.91 Å². The van der Waals surface area contributed by atoms with E-state index in [0.29, 0.717) is 61.8 Å². The predicted octanol–water partition coefficient (Wildman–Crippen LogP) is 12.9. The lowest BCUT2D eigenvalue weighted by atomic mass is 9.70. The molecule has 414 valence electrons. The lowest BCUT2D eigenvalue weighted by molar-refractivity contribution is -0.288. The predicted molar refractivity (Wildman–Crippen MR) is 284 cm³/mol. The Kier molecular flexibility index (Phi) is 15.0. The van der Waals surface area contributed by atoms with Gasteiger partial charge < -0.3 is 31.3 Å². The third-order valence-corrected chi connectivity index (χ3v) is 16.1. The number of nitrogens with zero attached hydrogens (tertiary/aromatic N) is 2. The summed E-state index contributed by atoms with van der Waals surface area (Å²) in [5.74, 6) is -5.95. The van der Waals surface area contributed by atoms with Crippen molar-refractivity contribution >= 4 is 67.7 Å². The molecule has 0 aromatic heterocycles. The van der Waals surface area contributed by atoms with Crippen LogP contribution in [-0.4, -0.2) is 95.9 Å². The summed E-state index contributed by atoms with van der Waals surface area (Å²) in [7, 11) is 1.81. The fourth-order valence-corrected chi connectivity index (χ4v) is 12.5. The van der Waals surface area contributed by atoms with Gasteiger partial charge in [0.05, 0.1) is 16.7 Å². The molecule has 2 aliphatic heterocycles. The maximum Gasteiger partial charge on any atom is 0.411 e. The molecule has 0 aliphatic carbocycles. The number of hydrogen-bond acceptors (Lipinski definition) is 9. The van der Waals surface area contributed by atoms with Crippen LogP contribution in [0.25, 0.3) is 32.7 Å². The monoisotopic (exact) mass is 1070 g/mol. The number of carbonyl (C=O) groups excluding carboxylic acids is 2. The van der Waals surface area contributed by atoms with Gasteiger partial charge in [0.2, 0.25) is 5.41 Å². The molecule has 7 rings (SSSR count). The van der Waals surface area contributed by atoms with Gasteiger partial charge in [-0.1, -0.05) is 62.6 Å². The van der Waals surface area contributed by atoms with Gasteiger partial charge in [-0.15, -0.1) is 0 Å². The lowest BCUT2D eigenvalue weighted by Gasteiger charge is -2.50. The molecule has 5 aromatic carbocycles. The zero-order chi connectivity index (χ0) is 57.6. The number of carboxylic acids is 2. The number of amides is 1. The molecule has 77 heavy (non-hydrogen) atoms. The summed E-state index contributed by atoms with van der Waals surface area (Å²) in [4.78, 5) is 53.9. The first-order chi connectivity index (χ1) is 35.4. The van der Waals surface area contributed by atoms with Crippen molar-refractivity contribution in [3.8, 4) is 0 Å². The number of rotatable bonds is 12. The van der Waals surface area contributed by atoms with Crippen LogP contribution in [0.2, 0.25) is 0 Å². The molecule has 0 saturated carbocycles. The van der Waals surface area contributed by atoms with E-state index in [1.165, 1.54) is 17.1 Å². The summed E-state index contributed by atoms with van der Waals surface area (Å²) < 4.78 is 94.4. The number of fused-ring (bicyclic) bond motifs is 2. The van der Waals surface area contributed by atoms with Gasteiger partial charge in [-0.3, -0.25) is 9.59 Å². The molecule has 12 nitrogen and oxygen atoms in total. The number of nitrogens with one attached hydrogen (secondary N) is 2. The highest BCUT2D eigenvalue weighted by Gasteiger charge is 2.73. The number of alkyl halides is 6. The molecule has 1 amide bonds. The molecule has 6 N–H and O–H groups in total. The third-order valence-electron chi connectivity index (χ3n) is 16.1. The van der Waals surface area contributed by atoms with Crippen LogP contribution < -0.4 is 21.1 Å². The molecule has 2 heterocycles. The van der Waals surface area contributed by atoms with Crippen molar-refractivity contribution in [3.63, 3.8) is 0 Å². The topological polar surface area (TPSA) is 180 Å². The first-order valence-corrected chi connectivity index (χ1v) is 25.6. The SMILES string of the molecule is CCC[C@](C)(CC)C(=O)c1cc(C(c2ccc(C(=O)Nc3ccc4c(=C5CC(C)(C)N(O)C(C)(C)C5)c5cc(NC)ccc5c(=C5CC(C)(C)N(O)C(C)(C)C5)c4c3)c(C(=O)O)c2)(C(F)(F)F)C(F)(F)F)ccc1C(=O)O. The fraction of sp³-hybridized carbons (Fsp3) is 0.458. The second-order valence-corrected chi connectivity index (χ2v) is 23.6. The van der Waals surface area contributed by atoms with Crippen LogP contribution >= 0.6 is 0 Å². The molecule has 2 saturated heterocycles. The van der Waals surface area contributed by atoms with Gasteiger partial charge in [-0.2, -0.15) is 36.5 Å². The summed E-state index contributed by atoms with van der Waals surface area (Å²) in [5, 5.41) is 56.9. The highest BCUT2D eigenvalue weighted by atomic mass is 19.4. The van der Waals surface area contributed by atoms with Gasteiger partial charge in [0.1, 0.15) is 0 Å². The smallest absolute Gasteiger partial charge is 0.411 e. The molecular formula is C59H68F6N4O8. The molecule has 1 atom stereocenters. The Morgan fingerprint density at radius 1 is 0.558 bits per heavy atom. The number of piperidine rings is 2. The van der Waals surface area contributed by atoms with Crippen LogP contribution in [0.1, 0.15) is 174 Å². The molecular weight excluding hydrogens is 1010 g/mol. The van der Waals surface area contributed by atoms with E-state index in [4.69, 9.17) is 0 Å². The largest absolute Gasteiger partial charge is 0.478 e. The minimum Gasteiger partial charge on any atom is -0.478 e. The summed E-state index contributed by atoms with van der Waals surface area (Å²) in [6.07, 6.45) is -10.3. The van der Waals surface area contributed by atoms with E-state index < -0.39 is 102 Å². The molecule has 5 aromatic rings. The number of carbonyl (C=O) groups is 4. The Morgan fingerprint density at radius 3 is 1.35 bits per heavy atom. The number of anilines is 2. The molecule has 0 radical (unpaired) electrons. The number of carboxylic acid groups (broad SMARTS) is 2.